The molecule has 24 heavy (non-hydrogen) atoms. The Morgan fingerprint density at radius 2 is 1.50 bits per heavy atom. The molecule has 0 spiro atoms. The van der Waals surface area contributed by atoms with Gasteiger partial charge in [0.25, 0.3) is 0 Å². The summed E-state index contributed by atoms with van der Waals surface area (Å²) >= 11 is 0. The first-order chi connectivity index (χ1) is 11.2. The van der Waals surface area contributed by atoms with Crippen LogP contribution < -0.4 is 5.32 Å². The SMILES string of the molecule is Cc1ccc(C(NC=O)S(=O)(=O)c2ccc(C(C)(C)C)cc2)cc1. The first kappa shape index (κ1) is 18.2. The van der Waals surface area contributed by atoms with Crippen LogP contribution in [-0.4, -0.2) is 14.8 Å². The summed E-state index contributed by atoms with van der Waals surface area (Å²) in [5, 5.41) is 1.33. The minimum atomic E-state index is -3.73. The molecule has 1 amide bonds. The molecule has 0 heterocycles. The Labute approximate surface area is 143 Å². The van der Waals surface area contributed by atoms with Crippen LogP contribution in [0.2, 0.25) is 0 Å². The van der Waals surface area contributed by atoms with Gasteiger partial charge in [-0.1, -0.05) is 62.7 Å². The second kappa shape index (κ2) is 6.77. The number of nitrogens with one attached hydrogen (secondary N) is 1. The topological polar surface area (TPSA) is 63.2 Å². The van der Waals surface area contributed by atoms with Crippen molar-refractivity contribution in [3.05, 3.63) is 65.2 Å². The highest BCUT2D eigenvalue weighted by Gasteiger charge is 2.29. The Morgan fingerprint density at radius 1 is 0.958 bits per heavy atom. The summed E-state index contributed by atoms with van der Waals surface area (Å²) in [7, 11) is -3.73. The molecule has 4 nitrogen and oxygen atoms in total. The third kappa shape index (κ3) is 3.85. The van der Waals surface area contributed by atoms with Crippen molar-refractivity contribution in [1.29, 1.82) is 0 Å². The molecule has 0 aliphatic heterocycles. The molecular formula is C19H23NO3S. The fourth-order valence-corrected chi connectivity index (χ4v) is 3.99. The predicted octanol–water partition coefficient (Wildman–Crippen LogP) is 3.51. The summed E-state index contributed by atoms with van der Waals surface area (Å²) in [4.78, 5) is 11.1. The van der Waals surface area contributed by atoms with E-state index in [0.29, 0.717) is 12.0 Å². The van der Waals surface area contributed by atoms with E-state index in [9.17, 15) is 13.2 Å². The minimum absolute atomic E-state index is 0.0559. The van der Waals surface area contributed by atoms with Gasteiger partial charge < -0.3 is 5.32 Å². The molecule has 1 N–H and O–H groups in total. The Bertz CT molecular complexity index is 801. The standard InChI is InChI=1S/C19H23NO3S/c1-14-5-7-15(8-6-14)18(20-13-21)24(22,23)17-11-9-16(10-12-17)19(2,3)4/h5-13,18H,1-4H3,(H,20,21). The molecule has 0 fully saturated rings. The molecule has 1 atom stereocenters. The molecular weight excluding hydrogens is 322 g/mol. The fourth-order valence-electron chi connectivity index (χ4n) is 2.45. The van der Waals surface area contributed by atoms with Crippen LogP contribution in [0.1, 0.15) is 42.8 Å². The summed E-state index contributed by atoms with van der Waals surface area (Å²) in [6.07, 6.45) is 0.422. The summed E-state index contributed by atoms with van der Waals surface area (Å²) in [6, 6.07) is 13.9. The Hall–Kier alpha value is -2.14. The molecule has 5 heteroatoms. The van der Waals surface area contributed by atoms with Crippen LogP contribution in [0.5, 0.6) is 0 Å². The van der Waals surface area contributed by atoms with Crippen LogP contribution in [0.25, 0.3) is 0 Å². The normalized spacial score (nSPS) is 13.3. The van der Waals surface area contributed by atoms with Gasteiger partial charge in [-0.2, -0.15) is 0 Å². The third-order valence-corrected chi connectivity index (χ3v) is 5.92. The van der Waals surface area contributed by atoms with Gasteiger partial charge in [0.05, 0.1) is 4.90 Å². The first-order valence-electron chi connectivity index (χ1n) is 7.77. The average molecular weight is 345 g/mol. The summed E-state index contributed by atoms with van der Waals surface area (Å²) in [5.74, 6) is 0. The lowest BCUT2D eigenvalue weighted by atomic mass is 9.87. The highest BCUT2D eigenvalue weighted by Crippen LogP contribution is 2.29. The lowest BCUT2D eigenvalue weighted by Crippen LogP contribution is -2.28. The number of hydrogen-bond donors (Lipinski definition) is 1. The van der Waals surface area contributed by atoms with Gasteiger partial charge in [0, 0.05) is 0 Å². The van der Waals surface area contributed by atoms with Crippen LogP contribution >= 0.6 is 0 Å². The highest BCUT2D eigenvalue weighted by atomic mass is 32.2. The molecule has 0 saturated heterocycles. The van der Waals surface area contributed by atoms with Crippen LogP contribution in [0.3, 0.4) is 0 Å². The monoisotopic (exact) mass is 345 g/mol. The number of hydrogen-bond acceptors (Lipinski definition) is 3. The van der Waals surface area contributed by atoms with Gasteiger partial charge in [0.15, 0.2) is 5.37 Å². The zero-order chi connectivity index (χ0) is 18.0. The minimum Gasteiger partial charge on any atom is -0.338 e. The maximum Gasteiger partial charge on any atom is 0.208 e. The maximum atomic E-state index is 12.9. The van der Waals surface area contributed by atoms with Crippen molar-refractivity contribution in [2.24, 2.45) is 0 Å². The van der Waals surface area contributed by atoms with E-state index in [1.54, 1.807) is 24.3 Å². The van der Waals surface area contributed by atoms with Crippen LogP contribution in [0.15, 0.2) is 53.4 Å². The number of carbonyl (C=O) groups is 1. The van der Waals surface area contributed by atoms with Crippen LogP contribution in [0, 0.1) is 6.92 Å². The predicted molar refractivity (Wildman–Crippen MR) is 95.4 cm³/mol. The van der Waals surface area contributed by atoms with Gasteiger partial charge in [0.2, 0.25) is 16.2 Å². The van der Waals surface area contributed by atoms with E-state index in [2.05, 4.69) is 26.1 Å². The molecule has 2 rings (SSSR count). The van der Waals surface area contributed by atoms with Crippen molar-refractivity contribution in [3.63, 3.8) is 0 Å². The van der Waals surface area contributed by atoms with Crippen molar-refractivity contribution in [2.75, 3.05) is 0 Å². The van der Waals surface area contributed by atoms with E-state index in [0.717, 1.165) is 11.1 Å². The van der Waals surface area contributed by atoms with Crippen LogP contribution in [-0.2, 0) is 20.0 Å². The lowest BCUT2D eigenvalue weighted by molar-refractivity contribution is -0.109. The summed E-state index contributed by atoms with van der Waals surface area (Å²) in [5.41, 5.74) is 2.56. The van der Waals surface area contributed by atoms with Gasteiger partial charge in [-0.05, 0) is 35.6 Å². The summed E-state index contributed by atoms with van der Waals surface area (Å²) in [6.45, 7) is 8.13. The van der Waals surface area contributed by atoms with E-state index in [-0.39, 0.29) is 10.3 Å². The van der Waals surface area contributed by atoms with Crippen molar-refractivity contribution >= 4 is 16.2 Å². The number of carbonyl (C=O) groups excluding carboxylic acids is 1. The first-order valence-corrected chi connectivity index (χ1v) is 9.31. The van der Waals surface area contributed by atoms with Crippen molar-refractivity contribution in [3.8, 4) is 0 Å². The molecule has 0 radical (unpaired) electrons. The van der Waals surface area contributed by atoms with Gasteiger partial charge >= 0.3 is 0 Å². The molecule has 0 saturated carbocycles. The summed E-state index contributed by atoms with van der Waals surface area (Å²) < 4.78 is 25.9. The average Bonchev–Trinajstić information content (AvgIpc) is 2.53. The zero-order valence-corrected chi connectivity index (χ0v) is 15.2. The van der Waals surface area contributed by atoms with E-state index < -0.39 is 15.2 Å². The van der Waals surface area contributed by atoms with Crippen molar-refractivity contribution in [1.82, 2.24) is 5.32 Å². The molecule has 1 unspecified atom stereocenters. The number of sulfone groups is 1. The second-order valence-corrected chi connectivity index (χ2v) is 8.93. The van der Waals surface area contributed by atoms with E-state index in [1.165, 1.54) is 0 Å². The molecule has 2 aromatic rings. The Morgan fingerprint density at radius 3 is 1.96 bits per heavy atom. The van der Waals surface area contributed by atoms with Gasteiger partial charge in [0.1, 0.15) is 0 Å². The molecule has 2 aromatic carbocycles. The molecule has 0 aliphatic carbocycles. The Balaban J connectivity index is 2.45. The number of rotatable bonds is 5. The van der Waals surface area contributed by atoms with Crippen molar-refractivity contribution in [2.45, 2.75) is 43.4 Å². The quantitative estimate of drug-likeness (QED) is 0.844. The molecule has 0 aromatic heterocycles. The zero-order valence-electron chi connectivity index (χ0n) is 14.4. The molecule has 128 valence electrons. The maximum absolute atomic E-state index is 12.9. The number of benzene rings is 2. The molecule has 0 aliphatic rings. The van der Waals surface area contributed by atoms with Crippen LogP contribution in [0.4, 0.5) is 0 Å². The highest BCUT2D eigenvalue weighted by molar-refractivity contribution is 7.91. The number of amides is 1. The van der Waals surface area contributed by atoms with E-state index >= 15 is 0 Å². The Kier molecular flexibility index (Phi) is 5.13. The fraction of sp³-hybridized carbons (Fsp3) is 0.316. The van der Waals surface area contributed by atoms with Gasteiger partial charge in [-0.3, -0.25) is 4.79 Å². The lowest BCUT2D eigenvalue weighted by Gasteiger charge is -2.21. The second-order valence-electron chi connectivity index (χ2n) is 6.89. The van der Waals surface area contributed by atoms with Crippen molar-refractivity contribution < 1.29 is 13.2 Å². The third-order valence-electron chi connectivity index (χ3n) is 3.96. The van der Waals surface area contributed by atoms with E-state index in [4.69, 9.17) is 0 Å². The number of aryl methyl sites for hydroxylation is 1. The smallest absolute Gasteiger partial charge is 0.208 e. The molecule has 0 bridgehead atoms. The van der Waals surface area contributed by atoms with Gasteiger partial charge in [-0.25, -0.2) is 8.42 Å². The largest absolute Gasteiger partial charge is 0.338 e. The van der Waals surface area contributed by atoms with Gasteiger partial charge in [-0.15, -0.1) is 0 Å². The van der Waals surface area contributed by atoms with E-state index in [1.807, 2.05) is 31.2 Å².